The van der Waals surface area contributed by atoms with Crippen molar-refractivity contribution in [2.24, 2.45) is 5.92 Å². The van der Waals surface area contributed by atoms with E-state index in [2.05, 4.69) is 5.32 Å². The molecule has 1 atom stereocenters. The Kier molecular flexibility index (Phi) is 7.51. The van der Waals surface area contributed by atoms with Crippen LogP contribution in [0.1, 0.15) is 36.5 Å². The largest absolute Gasteiger partial charge is 0.396 e. The molecule has 0 spiro atoms. The minimum Gasteiger partial charge on any atom is -0.396 e. The molecule has 0 saturated carbocycles. The Hall–Kier alpha value is -0.620. The van der Waals surface area contributed by atoms with Gasteiger partial charge in [-0.15, -0.1) is 11.3 Å². The minimum absolute atomic E-state index is 0.104. The summed E-state index contributed by atoms with van der Waals surface area (Å²) in [7, 11) is 0. The molecule has 1 aromatic rings. The average Bonchev–Trinajstić information content (AvgIpc) is 2.73. The van der Waals surface area contributed by atoms with Gasteiger partial charge in [0, 0.05) is 31.6 Å². The lowest BCUT2D eigenvalue weighted by Gasteiger charge is -2.10. The van der Waals surface area contributed by atoms with E-state index in [9.17, 15) is 9.59 Å². The quantitative estimate of drug-likeness (QED) is 0.716. The third kappa shape index (κ3) is 5.79. The number of amides is 1. The predicted octanol–water partition coefficient (Wildman–Crippen LogP) is 3.15. The van der Waals surface area contributed by atoms with Gasteiger partial charge in [-0.3, -0.25) is 9.59 Å². The van der Waals surface area contributed by atoms with Gasteiger partial charge in [-0.05, 0) is 18.4 Å². The molecule has 7 heteroatoms. The van der Waals surface area contributed by atoms with Crippen molar-refractivity contribution in [1.82, 2.24) is 5.32 Å². The molecule has 0 radical (unpaired) electrons. The molecule has 112 valence electrons. The summed E-state index contributed by atoms with van der Waals surface area (Å²) < 4.78 is 0.817. The second kappa shape index (κ2) is 8.62. The van der Waals surface area contributed by atoms with E-state index in [-0.39, 0.29) is 37.1 Å². The molecule has 2 N–H and O–H groups in total. The number of halogens is 2. The first-order chi connectivity index (χ1) is 9.43. The fraction of sp³-hybridized carbons (Fsp3) is 0.538. The zero-order chi connectivity index (χ0) is 15.1. The summed E-state index contributed by atoms with van der Waals surface area (Å²) in [4.78, 5) is 23.5. The van der Waals surface area contributed by atoms with E-state index in [1.165, 1.54) is 6.07 Å². The normalized spacial score (nSPS) is 12.2. The summed E-state index contributed by atoms with van der Waals surface area (Å²) >= 11 is 12.8. The highest BCUT2D eigenvalue weighted by Crippen LogP contribution is 2.32. The highest BCUT2D eigenvalue weighted by molar-refractivity contribution is 7.20. The van der Waals surface area contributed by atoms with E-state index >= 15 is 0 Å². The van der Waals surface area contributed by atoms with Crippen molar-refractivity contribution in [3.8, 4) is 0 Å². The van der Waals surface area contributed by atoms with Gasteiger partial charge in [0.1, 0.15) is 4.34 Å². The van der Waals surface area contributed by atoms with Crippen molar-refractivity contribution in [1.29, 1.82) is 0 Å². The Morgan fingerprint density at radius 3 is 2.65 bits per heavy atom. The third-order valence-electron chi connectivity index (χ3n) is 2.81. The molecule has 0 fully saturated rings. The van der Waals surface area contributed by atoms with E-state index in [4.69, 9.17) is 28.3 Å². The van der Waals surface area contributed by atoms with Crippen molar-refractivity contribution in [3.05, 3.63) is 20.3 Å². The summed E-state index contributed by atoms with van der Waals surface area (Å²) in [5.74, 6) is -0.151. The Balaban J connectivity index is 2.34. The Labute approximate surface area is 132 Å². The number of carbonyl (C=O) groups excluding carboxylic acids is 2. The number of hydrogen-bond acceptors (Lipinski definition) is 4. The van der Waals surface area contributed by atoms with Crippen molar-refractivity contribution in [2.75, 3.05) is 13.2 Å². The van der Waals surface area contributed by atoms with Gasteiger partial charge in [0.05, 0.1) is 4.34 Å². The predicted molar refractivity (Wildman–Crippen MR) is 81.8 cm³/mol. The molecule has 0 bridgehead atoms. The van der Waals surface area contributed by atoms with Crippen molar-refractivity contribution in [2.45, 2.75) is 26.2 Å². The van der Waals surface area contributed by atoms with Crippen LogP contribution in [0.3, 0.4) is 0 Å². The van der Waals surface area contributed by atoms with E-state index in [1.54, 1.807) is 0 Å². The van der Waals surface area contributed by atoms with Gasteiger partial charge in [-0.25, -0.2) is 0 Å². The van der Waals surface area contributed by atoms with Crippen molar-refractivity contribution < 1.29 is 14.7 Å². The molecular weight excluding hydrogens is 321 g/mol. The number of thiophene rings is 1. The Morgan fingerprint density at radius 2 is 2.10 bits per heavy atom. The zero-order valence-corrected chi connectivity index (χ0v) is 13.4. The van der Waals surface area contributed by atoms with Crippen LogP contribution < -0.4 is 5.32 Å². The molecule has 1 rings (SSSR count). The van der Waals surface area contributed by atoms with Crippen LogP contribution in [-0.2, 0) is 4.79 Å². The van der Waals surface area contributed by atoms with Crippen molar-refractivity contribution >= 4 is 46.2 Å². The van der Waals surface area contributed by atoms with E-state index in [0.29, 0.717) is 27.2 Å². The second-order valence-corrected chi connectivity index (χ2v) is 6.87. The van der Waals surface area contributed by atoms with E-state index in [0.717, 1.165) is 11.3 Å². The summed E-state index contributed by atoms with van der Waals surface area (Å²) in [6.07, 6.45) is 0.865. The topological polar surface area (TPSA) is 66.4 Å². The zero-order valence-electron chi connectivity index (χ0n) is 11.1. The smallest absolute Gasteiger partial charge is 0.220 e. The van der Waals surface area contributed by atoms with Gasteiger partial charge in [-0.2, -0.15) is 0 Å². The maximum Gasteiger partial charge on any atom is 0.220 e. The van der Waals surface area contributed by atoms with Crippen LogP contribution in [0.15, 0.2) is 6.07 Å². The van der Waals surface area contributed by atoms with Gasteiger partial charge in [-0.1, -0.05) is 30.1 Å². The SMILES string of the molecule is CC(CCO)CNC(=O)CCC(=O)c1cc(Cl)sc1Cl. The molecule has 0 saturated heterocycles. The standard InChI is InChI=1S/C13H17Cl2NO3S/c1-8(4-5-17)7-16-12(19)3-2-10(18)9-6-11(14)20-13(9)15/h6,8,17H,2-5,7H2,1H3,(H,16,19). The van der Waals surface area contributed by atoms with Crippen LogP contribution in [0.25, 0.3) is 0 Å². The molecular formula is C13H17Cl2NO3S. The van der Waals surface area contributed by atoms with Crippen LogP contribution in [-0.4, -0.2) is 29.9 Å². The number of aliphatic hydroxyl groups is 1. The number of hydrogen-bond donors (Lipinski definition) is 2. The molecule has 1 amide bonds. The van der Waals surface area contributed by atoms with E-state index < -0.39 is 0 Å². The number of ketones is 1. The highest BCUT2D eigenvalue weighted by atomic mass is 35.5. The van der Waals surface area contributed by atoms with Crippen LogP contribution in [0, 0.1) is 5.92 Å². The van der Waals surface area contributed by atoms with Gasteiger partial charge >= 0.3 is 0 Å². The minimum atomic E-state index is -0.184. The van der Waals surface area contributed by atoms with Gasteiger partial charge < -0.3 is 10.4 Å². The summed E-state index contributed by atoms with van der Waals surface area (Å²) in [6.45, 7) is 2.54. The fourth-order valence-electron chi connectivity index (χ4n) is 1.59. The van der Waals surface area contributed by atoms with Crippen LogP contribution in [0.5, 0.6) is 0 Å². The molecule has 1 unspecified atom stereocenters. The van der Waals surface area contributed by atoms with Gasteiger partial charge in [0.25, 0.3) is 0 Å². The molecule has 0 aliphatic rings. The average molecular weight is 338 g/mol. The summed E-state index contributed by atoms with van der Waals surface area (Å²) in [5, 5.41) is 11.5. The maximum absolute atomic E-state index is 11.9. The molecule has 0 aliphatic carbocycles. The van der Waals surface area contributed by atoms with Crippen LogP contribution >= 0.6 is 34.5 Å². The number of carbonyl (C=O) groups is 2. The van der Waals surface area contributed by atoms with Gasteiger partial charge in [0.2, 0.25) is 5.91 Å². The highest BCUT2D eigenvalue weighted by Gasteiger charge is 2.15. The third-order valence-corrected chi connectivity index (χ3v) is 4.29. The Morgan fingerprint density at radius 1 is 1.40 bits per heavy atom. The van der Waals surface area contributed by atoms with Crippen molar-refractivity contribution in [3.63, 3.8) is 0 Å². The summed E-state index contributed by atoms with van der Waals surface area (Å²) in [6, 6.07) is 1.53. The lowest BCUT2D eigenvalue weighted by molar-refractivity contribution is -0.121. The number of Topliss-reactive ketones (excluding diaryl/α,β-unsaturated/α-hetero) is 1. The number of nitrogens with one attached hydrogen (secondary N) is 1. The molecule has 1 heterocycles. The van der Waals surface area contributed by atoms with E-state index in [1.807, 2.05) is 6.92 Å². The first kappa shape index (κ1) is 17.4. The molecule has 0 aliphatic heterocycles. The molecule has 0 aromatic carbocycles. The number of aliphatic hydroxyl groups excluding tert-OH is 1. The lowest BCUT2D eigenvalue weighted by atomic mass is 10.1. The molecule has 1 aromatic heterocycles. The monoisotopic (exact) mass is 337 g/mol. The summed E-state index contributed by atoms with van der Waals surface area (Å²) in [5.41, 5.74) is 0.378. The first-order valence-corrected chi connectivity index (χ1v) is 7.86. The number of rotatable bonds is 8. The maximum atomic E-state index is 11.9. The molecule has 20 heavy (non-hydrogen) atoms. The van der Waals surface area contributed by atoms with Crippen LogP contribution in [0.4, 0.5) is 0 Å². The lowest BCUT2D eigenvalue weighted by Crippen LogP contribution is -2.28. The fourth-order valence-corrected chi connectivity index (χ4v) is 3.09. The molecule has 4 nitrogen and oxygen atoms in total. The second-order valence-electron chi connectivity index (χ2n) is 4.58. The Bertz CT molecular complexity index is 476. The van der Waals surface area contributed by atoms with Gasteiger partial charge in [0.15, 0.2) is 5.78 Å². The first-order valence-electron chi connectivity index (χ1n) is 6.29. The van der Waals surface area contributed by atoms with Crippen LogP contribution in [0.2, 0.25) is 8.67 Å².